The Morgan fingerprint density at radius 1 is 1.30 bits per heavy atom. The molecule has 10 heavy (non-hydrogen) atoms. The Balaban J connectivity index is 2.41. The van der Waals surface area contributed by atoms with Gasteiger partial charge in [0.15, 0.2) is 0 Å². The quantitative estimate of drug-likeness (QED) is 0.601. The minimum atomic E-state index is -0.151. The third-order valence-electron chi connectivity index (χ3n) is 2.58. The van der Waals surface area contributed by atoms with E-state index in [1.165, 1.54) is 0 Å². The zero-order valence-electron chi connectivity index (χ0n) is 6.45. The summed E-state index contributed by atoms with van der Waals surface area (Å²) >= 11 is 0. The molecule has 0 heterocycles. The Kier molecular flexibility index (Phi) is 2.69. The van der Waals surface area contributed by atoms with Crippen molar-refractivity contribution >= 4 is 0 Å². The normalized spacial score (nSPS) is 40.5. The fraction of sp³-hybridized carbons (Fsp3) is 1.00. The lowest BCUT2D eigenvalue weighted by Crippen LogP contribution is -2.10. The Morgan fingerprint density at radius 2 is 1.90 bits per heavy atom. The van der Waals surface area contributed by atoms with E-state index in [1.807, 2.05) is 0 Å². The predicted molar refractivity (Wildman–Crippen MR) is 39.6 cm³/mol. The molecule has 0 saturated heterocycles. The molecule has 0 spiro atoms. The van der Waals surface area contributed by atoms with E-state index >= 15 is 0 Å². The number of hydrogen-bond donors (Lipinski definition) is 2. The first-order chi connectivity index (χ1) is 4.77. The standard InChI is InChI=1S/C8H16O2/c1-2-6-3-8(10)4-7(6)5-9/h6-10H,2-5H2,1H3/t6-,7-,8?/m1/s1. The maximum Gasteiger partial charge on any atom is 0.0546 e. The molecule has 2 N–H and O–H groups in total. The summed E-state index contributed by atoms with van der Waals surface area (Å²) < 4.78 is 0. The Morgan fingerprint density at radius 3 is 2.30 bits per heavy atom. The number of rotatable bonds is 2. The number of hydrogen-bond acceptors (Lipinski definition) is 2. The van der Waals surface area contributed by atoms with Crippen molar-refractivity contribution in [1.82, 2.24) is 0 Å². The van der Waals surface area contributed by atoms with Crippen LogP contribution in [0.2, 0.25) is 0 Å². The van der Waals surface area contributed by atoms with Crippen molar-refractivity contribution in [3.63, 3.8) is 0 Å². The Labute approximate surface area is 61.9 Å². The highest BCUT2D eigenvalue weighted by atomic mass is 16.3. The zero-order valence-corrected chi connectivity index (χ0v) is 6.45. The van der Waals surface area contributed by atoms with Gasteiger partial charge in [-0.2, -0.15) is 0 Å². The van der Waals surface area contributed by atoms with Gasteiger partial charge in [-0.25, -0.2) is 0 Å². The SMILES string of the molecule is CC[C@@H]1CC(O)C[C@@H]1CO. The molecule has 2 nitrogen and oxygen atoms in total. The van der Waals surface area contributed by atoms with Crippen LogP contribution in [0, 0.1) is 11.8 Å². The molecule has 1 aliphatic carbocycles. The van der Waals surface area contributed by atoms with Crippen LogP contribution in [0.3, 0.4) is 0 Å². The van der Waals surface area contributed by atoms with Gasteiger partial charge in [0.1, 0.15) is 0 Å². The molecular weight excluding hydrogens is 128 g/mol. The van der Waals surface area contributed by atoms with E-state index < -0.39 is 0 Å². The molecule has 60 valence electrons. The van der Waals surface area contributed by atoms with Gasteiger partial charge in [0.05, 0.1) is 6.10 Å². The average Bonchev–Trinajstić information content (AvgIpc) is 2.30. The summed E-state index contributed by atoms with van der Waals surface area (Å²) in [5, 5.41) is 18.1. The molecule has 0 aliphatic heterocycles. The van der Waals surface area contributed by atoms with Crippen LogP contribution in [-0.4, -0.2) is 22.9 Å². The molecule has 0 aromatic carbocycles. The fourth-order valence-electron chi connectivity index (χ4n) is 1.90. The van der Waals surface area contributed by atoms with Crippen LogP contribution in [0.15, 0.2) is 0 Å². The van der Waals surface area contributed by atoms with Gasteiger partial charge in [0, 0.05) is 6.61 Å². The summed E-state index contributed by atoms with van der Waals surface area (Å²) in [5.41, 5.74) is 0. The molecule has 1 rings (SSSR count). The summed E-state index contributed by atoms with van der Waals surface area (Å²) in [6.07, 6.45) is 2.63. The summed E-state index contributed by atoms with van der Waals surface area (Å²) in [7, 11) is 0. The van der Waals surface area contributed by atoms with E-state index in [-0.39, 0.29) is 12.7 Å². The highest BCUT2D eigenvalue weighted by Crippen LogP contribution is 2.33. The van der Waals surface area contributed by atoms with Crippen molar-refractivity contribution in [3.8, 4) is 0 Å². The lowest BCUT2D eigenvalue weighted by molar-refractivity contribution is 0.162. The van der Waals surface area contributed by atoms with Crippen LogP contribution in [0.4, 0.5) is 0 Å². The van der Waals surface area contributed by atoms with Crippen LogP contribution >= 0.6 is 0 Å². The van der Waals surface area contributed by atoms with Crippen molar-refractivity contribution in [1.29, 1.82) is 0 Å². The number of aliphatic hydroxyl groups is 2. The van der Waals surface area contributed by atoms with Crippen LogP contribution in [0.1, 0.15) is 26.2 Å². The third kappa shape index (κ3) is 1.50. The second-order valence-electron chi connectivity index (χ2n) is 3.24. The molecule has 0 amide bonds. The van der Waals surface area contributed by atoms with Gasteiger partial charge in [-0.3, -0.25) is 0 Å². The minimum Gasteiger partial charge on any atom is -0.396 e. The second kappa shape index (κ2) is 3.35. The molecular formula is C8H16O2. The lowest BCUT2D eigenvalue weighted by atomic mass is 9.95. The summed E-state index contributed by atoms with van der Waals surface area (Å²) in [6, 6.07) is 0. The first-order valence-electron chi connectivity index (χ1n) is 4.06. The molecule has 1 aliphatic rings. The maximum absolute atomic E-state index is 9.22. The van der Waals surface area contributed by atoms with Gasteiger partial charge in [0.25, 0.3) is 0 Å². The highest BCUT2D eigenvalue weighted by molar-refractivity contribution is 4.81. The predicted octanol–water partition coefficient (Wildman–Crippen LogP) is 0.776. The molecule has 0 aromatic rings. The van der Waals surface area contributed by atoms with Gasteiger partial charge < -0.3 is 10.2 Å². The van der Waals surface area contributed by atoms with Crippen LogP contribution in [0.25, 0.3) is 0 Å². The Bertz CT molecular complexity index is 91.4. The molecule has 3 atom stereocenters. The minimum absolute atomic E-state index is 0.151. The topological polar surface area (TPSA) is 40.5 Å². The summed E-state index contributed by atoms with van der Waals surface area (Å²) in [5.74, 6) is 0.917. The molecule has 0 radical (unpaired) electrons. The average molecular weight is 144 g/mol. The zero-order chi connectivity index (χ0) is 7.56. The van der Waals surface area contributed by atoms with E-state index in [9.17, 15) is 5.11 Å². The van der Waals surface area contributed by atoms with Crippen LogP contribution < -0.4 is 0 Å². The van der Waals surface area contributed by atoms with Crippen LogP contribution in [-0.2, 0) is 0 Å². The maximum atomic E-state index is 9.22. The van der Waals surface area contributed by atoms with Crippen molar-refractivity contribution in [2.24, 2.45) is 11.8 Å². The van der Waals surface area contributed by atoms with E-state index in [0.29, 0.717) is 11.8 Å². The van der Waals surface area contributed by atoms with Gasteiger partial charge in [-0.15, -0.1) is 0 Å². The van der Waals surface area contributed by atoms with Crippen molar-refractivity contribution in [3.05, 3.63) is 0 Å². The van der Waals surface area contributed by atoms with Gasteiger partial charge >= 0.3 is 0 Å². The van der Waals surface area contributed by atoms with Crippen molar-refractivity contribution in [2.45, 2.75) is 32.3 Å². The molecule has 0 bridgehead atoms. The highest BCUT2D eigenvalue weighted by Gasteiger charge is 2.30. The number of aliphatic hydroxyl groups excluding tert-OH is 2. The summed E-state index contributed by atoms with van der Waals surface area (Å²) in [6.45, 7) is 2.36. The largest absolute Gasteiger partial charge is 0.396 e. The van der Waals surface area contributed by atoms with Gasteiger partial charge in [-0.1, -0.05) is 13.3 Å². The van der Waals surface area contributed by atoms with E-state index in [1.54, 1.807) is 0 Å². The van der Waals surface area contributed by atoms with E-state index in [0.717, 1.165) is 19.3 Å². The van der Waals surface area contributed by atoms with Gasteiger partial charge in [0.2, 0.25) is 0 Å². The summed E-state index contributed by atoms with van der Waals surface area (Å²) in [4.78, 5) is 0. The second-order valence-corrected chi connectivity index (χ2v) is 3.24. The van der Waals surface area contributed by atoms with E-state index in [4.69, 9.17) is 5.11 Å². The molecule has 1 saturated carbocycles. The third-order valence-corrected chi connectivity index (χ3v) is 2.58. The lowest BCUT2D eigenvalue weighted by Gasteiger charge is -2.13. The van der Waals surface area contributed by atoms with Crippen molar-refractivity contribution in [2.75, 3.05) is 6.61 Å². The molecule has 0 aromatic heterocycles. The Hall–Kier alpha value is -0.0800. The fourth-order valence-corrected chi connectivity index (χ4v) is 1.90. The van der Waals surface area contributed by atoms with E-state index in [2.05, 4.69) is 6.92 Å². The van der Waals surface area contributed by atoms with Crippen LogP contribution in [0.5, 0.6) is 0 Å². The first-order valence-corrected chi connectivity index (χ1v) is 4.06. The molecule has 2 heteroatoms. The monoisotopic (exact) mass is 144 g/mol. The molecule has 1 unspecified atom stereocenters. The van der Waals surface area contributed by atoms with Crippen molar-refractivity contribution < 1.29 is 10.2 Å². The van der Waals surface area contributed by atoms with Gasteiger partial charge in [-0.05, 0) is 24.7 Å². The first kappa shape index (κ1) is 8.02. The smallest absolute Gasteiger partial charge is 0.0546 e. The molecule has 1 fully saturated rings.